The lowest BCUT2D eigenvalue weighted by Crippen LogP contribution is -2.33. The van der Waals surface area contributed by atoms with E-state index in [9.17, 15) is 14.4 Å². The van der Waals surface area contributed by atoms with Gasteiger partial charge in [0.15, 0.2) is 5.65 Å². The highest BCUT2D eigenvalue weighted by atomic mass is 16.2. The van der Waals surface area contributed by atoms with E-state index >= 15 is 0 Å². The minimum Gasteiger partial charge on any atom is -0.322 e. The van der Waals surface area contributed by atoms with Crippen LogP contribution in [0.15, 0.2) is 40.2 Å². The standard InChI is InChI=1S/C23H26N8O3/c1-12(2)10-30-20-19(22(33)27-23(30)34)16(9-17(26-20)13(3)4)21(32)25-15-7-6-14(5)18(8-15)31-11-24-28-29-31/h6-9,11-13H,10H2,1-5H3,(H,25,32)(H,27,33,34). The number of carbonyl (C=O) groups is 1. The van der Waals surface area contributed by atoms with Crippen LogP contribution in [-0.2, 0) is 6.54 Å². The van der Waals surface area contributed by atoms with Gasteiger partial charge in [0.05, 0.1) is 16.6 Å². The summed E-state index contributed by atoms with van der Waals surface area (Å²) < 4.78 is 2.92. The molecule has 0 fully saturated rings. The molecule has 0 saturated heterocycles. The number of hydrogen-bond donors (Lipinski definition) is 2. The fourth-order valence-corrected chi connectivity index (χ4v) is 3.71. The molecule has 0 unspecified atom stereocenters. The number of carbonyl (C=O) groups excluding carboxylic acids is 1. The Balaban J connectivity index is 1.85. The molecule has 3 aromatic heterocycles. The third-order valence-electron chi connectivity index (χ3n) is 5.42. The molecule has 0 saturated carbocycles. The maximum Gasteiger partial charge on any atom is 0.330 e. The van der Waals surface area contributed by atoms with Gasteiger partial charge < -0.3 is 5.32 Å². The number of pyridine rings is 1. The molecular weight excluding hydrogens is 436 g/mol. The van der Waals surface area contributed by atoms with Gasteiger partial charge in [0, 0.05) is 17.9 Å². The van der Waals surface area contributed by atoms with Crippen LogP contribution in [-0.4, -0.2) is 40.6 Å². The summed E-state index contributed by atoms with van der Waals surface area (Å²) in [7, 11) is 0. The van der Waals surface area contributed by atoms with Gasteiger partial charge in [0.25, 0.3) is 11.5 Å². The third kappa shape index (κ3) is 4.36. The van der Waals surface area contributed by atoms with E-state index in [4.69, 9.17) is 0 Å². The van der Waals surface area contributed by atoms with Crippen LogP contribution in [0.5, 0.6) is 0 Å². The van der Waals surface area contributed by atoms with Gasteiger partial charge in [-0.2, -0.15) is 0 Å². The molecule has 1 amide bonds. The zero-order chi connectivity index (χ0) is 24.6. The average Bonchev–Trinajstić information content (AvgIpc) is 3.31. The second-order valence-corrected chi connectivity index (χ2v) is 8.92. The quantitative estimate of drug-likeness (QED) is 0.448. The lowest BCUT2D eigenvalue weighted by atomic mass is 10.0. The van der Waals surface area contributed by atoms with Crippen molar-refractivity contribution in [1.82, 2.24) is 34.7 Å². The van der Waals surface area contributed by atoms with Crippen molar-refractivity contribution in [3.05, 3.63) is 68.3 Å². The van der Waals surface area contributed by atoms with E-state index in [0.29, 0.717) is 23.6 Å². The molecule has 11 heteroatoms. The van der Waals surface area contributed by atoms with Gasteiger partial charge in [0.2, 0.25) is 0 Å². The highest BCUT2D eigenvalue weighted by Gasteiger charge is 2.21. The molecular formula is C23H26N8O3. The zero-order valence-corrected chi connectivity index (χ0v) is 19.7. The van der Waals surface area contributed by atoms with Crippen LogP contribution < -0.4 is 16.6 Å². The van der Waals surface area contributed by atoms with E-state index in [1.807, 2.05) is 40.7 Å². The van der Waals surface area contributed by atoms with E-state index in [1.165, 1.54) is 15.6 Å². The number of aromatic nitrogens is 7. The molecule has 0 aliphatic heterocycles. The first-order chi connectivity index (χ1) is 16.2. The van der Waals surface area contributed by atoms with Gasteiger partial charge in [-0.1, -0.05) is 33.8 Å². The first-order valence-electron chi connectivity index (χ1n) is 11.0. The summed E-state index contributed by atoms with van der Waals surface area (Å²) in [5, 5.41) is 14.2. The van der Waals surface area contributed by atoms with Crippen molar-refractivity contribution >= 4 is 22.6 Å². The Morgan fingerprint density at radius 2 is 1.91 bits per heavy atom. The lowest BCUT2D eigenvalue weighted by Gasteiger charge is -2.16. The van der Waals surface area contributed by atoms with Gasteiger partial charge >= 0.3 is 5.69 Å². The topological polar surface area (TPSA) is 140 Å². The number of nitrogens with zero attached hydrogens (tertiary/aromatic N) is 6. The number of rotatable bonds is 6. The van der Waals surface area contributed by atoms with Gasteiger partial charge in [-0.25, -0.2) is 14.5 Å². The van der Waals surface area contributed by atoms with Crippen molar-refractivity contribution in [2.24, 2.45) is 5.92 Å². The molecule has 0 radical (unpaired) electrons. The van der Waals surface area contributed by atoms with E-state index in [1.54, 1.807) is 18.2 Å². The molecule has 0 aliphatic carbocycles. The number of amides is 1. The van der Waals surface area contributed by atoms with Gasteiger partial charge in [-0.3, -0.25) is 19.1 Å². The van der Waals surface area contributed by atoms with Crippen LogP contribution in [0.25, 0.3) is 16.7 Å². The number of hydrogen-bond acceptors (Lipinski definition) is 7. The van der Waals surface area contributed by atoms with Crippen molar-refractivity contribution in [2.75, 3.05) is 5.32 Å². The van der Waals surface area contributed by atoms with Crippen LogP contribution in [0.4, 0.5) is 5.69 Å². The molecule has 1 aromatic carbocycles. The fourth-order valence-electron chi connectivity index (χ4n) is 3.71. The van der Waals surface area contributed by atoms with Crippen LogP contribution in [0.3, 0.4) is 0 Å². The normalized spacial score (nSPS) is 11.5. The summed E-state index contributed by atoms with van der Waals surface area (Å²) in [6, 6.07) is 6.95. The Labute approximate surface area is 194 Å². The van der Waals surface area contributed by atoms with Crippen LogP contribution >= 0.6 is 0 Å². The Morgan fingerprint density at radius 3 is 2.56 bits per heavy atom. The van der Waals surface area contributed by atoms with Crippen LogP contribution in [0, 0.1) is 12.8 Å². The summed E-state index contributed by atoms with van der Waals surface area (Å²) in [5.41, 5.74) is 1.89. The fraction of sp³-hybridized carbons (Fsp3) is 0.348. The Hall–Kier alpha value is -4.15. The van der Waals surface area contributed by atoms with E-state index < -0.39 is 17.2 Å². The van der Waals surface area contributed by atoms with Crippen molar-refractivity contribution in [3.8, 4) is 5.69 Å². The average molecular weight is 463 g/mol. The molecule has 0 spiro atoms. The zero-order valence-electron chi connectivity index (χ0n) is 19.7. The predicted octanol–water partition coefficient (Wildman–Crippen LogP) is 2.40. The smallest absolute Gasteiger partial charge is 0.322 e. The van der Waals surface area contributed by atoms with Gasteiger partial charge in [-0.05, 0) is 52.9 Å². The first kappa shape index (κ1) is 23.0. The molecule has 2 N–H and O–H groups in total. The monoisotopic (exact) mass is 462 g/mol. The van der Waals surface area contributed by atoms with Crippen molar-refractivity contribution in [2.45, 2.75) is 47.1 Å². The van der Waals surface area contributed by atoms with Gasteiger partial charge in [-0.15, -0.1) is 5.10 Å². The summed E-state index contributed by atoms with van der Waals surface area (Å²) in [4.78, 5) is 45.8. The number of H-pyrrole nitrogens is 1. The van der Waals surface area contributed by atoms with Gasteiger partial charge in [0.1, 0.15) is 6.33 Å². The number of aromatic amines is 1. The summed E-state index contributed by atoms with van der Waals surface area (Å²) >= 11 is 0. The first-order valence-corrected chi connectivity index (χ1v) is 11.0. The molecule has 4 aromatic rings. The number of nitrogens with one attached hydrogen (secondary N) is 2. The van der Waals surface area contributed by atoms with Crippen LogP contribution in [0.1, 0.15) is 55.2 Å². The predicted molar refractivity (Wildman–Crippen MR) is 127 cm³/mol. The molecule has 11 nitrogen and oxygen atoms in total. The molecule has 0 bridgehead atoms. The molecule has 176 valence electrons. The molecule has 3 heterocycles. The number of tetrazole rings is 1. The molecule has 0 aliphatic rings. The second-order valence-electron chi connectivity index (χ2n) is 8.92. The lowest BCUT2D eigenvalue weighted by molar-refractivity contribution is 0.102. The second kappa shape index (κ2) is 9.00. The molecule has 0 atom stereocenters. The van der Waals surface area contributed by atoms with Crippen LogP contribution in [0.2, 0.25) is 0 Å². The Bertz CT molecular complexity index is 1480. The molecule has 4 rings (SSSR count). The highest BCUT2D eigenvalue weighted by molar-refractivity contribution is 6.12. The number of benzene rings is 1. The number of anilines is 1. The third-order valence-corrected chi connectivity index (χ3v) is 5.42. The largest absolute Gasteiger partial charge is 0.330 e. The van der Waals surface area contributed by atoms with E-state index in [-0.39, 0.29) is 28.4 Å². The minimum atomic E-state index is -0.647. The Morgan fingerprint density at radius 1 is 1.15 bits per heavy atom. The van der Waals surface area contributed by atoms with E-state index in [2.05, 4.69) is 30.8 Å². The maximum absolute atomic E-state index is 13.4. The SMILES string of the molecule is Cc1ccc(NC(=O)c2cc(C(C)C)nc3c2c(=O)[nH]c(=O)n3CC(C)C)cc1-n1cnnn1. The summed E-state index contributed by atoms with van der Waals surface area (Å²) in [5.74, 6) is -0.379. The van der Waals surface area contributed by atoms with Crippen molar-refractivity contribution in [1.29, 1.82) is 0 Å². The minimum absolute atomic E-state index is 0.0244. The maximum atomic E-state index is 13.4. The summed E-state index contributed by atoms with van der Waals surface area (Å²) in [6.07, 6.45) is 1.47. The number of aryl methyl sites for hydroxylation is 1. The van der Waals surface area contributed by atoms with Crippen molar-refractivity contribution in [3.63, 3.8) is 0 Å². The summed E-state index contributed by atoms with van der Waals surface area (Å²) in [6.45, 7) is 10.1. The Kier molecular flexibility index (Phi) is 6.10. The van der Waals surface area contributed by atoms with E-state index in [0.717, 1.165) is 5.56 Å². The van der Waals surface area contributed by atoms with Crippen molar-refractivity contribution < 1.29 is 4.79 Å². The highest BCUT2D eigenvalue weighted by Crippen LogP contribution is 2.23. The molecule has 34 heavy (non-hydrogen) atoms. The number of fused-ring (bicyclic) bond motifs is 1.